The van der Waals surface area contributed by atoms with E-state index in [0.29, 0.717) is 13.2 Å². The van der Waals surface area contributed by atoms with Crippen LogP contribution >= 0.6 is 0 Å². The fraction of sp³-hybridized carbons (Fsp3) is 0.571. The number of aliphatic hydroxyl groups excluding tert-OH is 1. The van der Waals surface area contributed by atoms with Crippen molar-refractivity contribution < 1.29 is 14.6 Å². The Balaban J connectivity index is 2.36. The first-order valence-electron chi connectivity index (χ1n) is 6.39. The van der Waals surface area contributed by atoms with Crippen LogP contribution in [-0.2, 0) is 11.3 Å². The van der Waals surface area contributed by atoms with E-state index in [1.165, 1.54) is 0 Å². The third kappa shape index (κ3) is 6.00. The van der Waals surface area contributed by atoms with Gasteiger partial charge in [0.05, 0.1) is 13.2 Å². The summed E-state index contributed by atoms with van der Waals surface area (Å²) in [4.78, 5) is 0. The van der Waals surface area contributed by atoms with Gasteiger partial charge in [0, 0.05) is 32.4 Å². The molecule has 0 aromatic heterocycles. The average Bonchev–Trinajstić information content (AvgIpc) is 2.41. The minimum atomic E-state index is 0.226. The molecule has 102 valence electrons. The van der Waals surface area contributed by atoms with E-state index in [0.717, 1.165) is 37.2 Å². The zero-order chi connectivity index (χ0) is 13.1. The Hall–Kier alpha value is -1.10. The molecule has 1 aromatic carbocycles. The van der Waals surface area contributed by atoms with Crippen molar-refractivity contribution >= 4 is 0 Å². The zero-order valence-corrected chi connectivity index (χ0v) is 11.0. The van der Waals surface area contributed by atoms with Gasteiger partial charge in [-0.2, -0.15) is 0 Å². The number of benzene rings is 1. The molecule has 1 aromatic rings. The molecule has 0 aliphatic heterocycles. The Bertz CT molecular complexity index is 287. The Kier molecular flexibility index (Phi) is 8.21. The van der Waals surface area contributed by atoms with Crippen LogP contribution in [0.5, 0.6) is 5.75 Å². The zero-order valence-electron chi connectivity index (χ0n) is 11.0. The summed E-state index contributed by atoms with van der Waals surface area (Å²) < 4.78 is 10.7. The van der Waals surface area contributed by atoms with Gasteiger partial charge in [-0.1, -0.05) is 18.2 Å². The Morgan fingerprint density at radius 1 is 1.17 bits per heavy atom. The first kappa shape index (κ1) is 15.0. The third-order valence-electron chi connectivity index (χ3n) is 2.58. The van der Waals surface area contributed by atoms with Crippen molar-refractivity contribution in [2.45, 2.75) is 19.4 Å². The molecule has 0 fully saturated rings. The van der Waals surface area contributed by atoms with E-state index in [1.54, 1.807) is 7.11 Å². The number of rotatable bonds is 10. The van der Waals surface area contributed by atoms with Crippen LogP contribution in [0.15, 0.2) is 24.3 Å². The molecule has 0 saturated heterocycles. The van der Waals surface area contributed by atoms with Gasteiger partial charge < -0.3 is 19.9 Å². The summed E-state index contributed by atoms with van der Waals surface area (Å²) in [5.74, 6) is 0.917. The fourth-order valence-corrected chi connectivity index (χ4v) is 1.58. The Labute approximate surface area is 109 Å². The predicted octanol–water partition coefficient (Wildman–Crippen LogP) is 1.57. The highest BCUT2D eigenvalue weighted by atomic mass is 16.5. The normalized spacial score (nSPS) is 10.6. The van der Waals surface area contributed by atoms with Crippen LogP contribution in [0.1, 0.15) is 18.4 Å². The van der Waals surface area contributed by atoms with Gasteiger partial charge in [0.1, 0.15) is 5.75 Å². The molecule has 0 spiro atoms. The monoisotopic (exact) mass is 253 g/mol. The second-order valence-corrected chi connectivity index (χ2v) is 4.06. The second-order valence-electron chi connectivity index (χ2n) is 4.06. The lowest BCUT2D eigenvalue weighted by Crippen LogP contribution is -2.19. The second kappa shape index (κ2) is 9.88. The summed E-state index contributed by atoms with van der Waals surface area (Å²) >= 11 is 0. The van der Waals surface area contributed by atoms with E-state index in [1.807, 2.05) is 18.2 Å². The highest BCUT2D eigenvalue weighted by Crippen LogP contribution is 2.17. The maximum Gasteiger partial charge on any atom is 0.123 e. The lowest BCUT2D eigenvalue weighted by Gasteiger charge is -2.11. The smallest absolute Gasteiger partial charge is 0.123 e. The van der Waals surface area contributed by atoms with Crippen molar-refractivity contribution in [2.75, 3.05) is 33.5 Å². The molecule has 0 saturated carbocycles. The molecular formula is C14H23NO3. The lowest BCUT2D eigenvalue weighted by atomic mass is 10.2. The van der Waals surface area contributed by atoms with E-state index < -0.39 is 0 Å². The van der Waals surface area contributed by atoms with Crippen LogP contribution in [0.4, 0.5) is 0 Å². The average molecular weight is 253 g/mol. The molecule has 4 nitrogen and oxygen atoms in total. The largest absolute Gasteiger partial charge is 0.493 e. The first-order chi connectivity index (χ1) is 8.88. The standard InChI is InChI=1S/C14H23NO3/c1-17-11-8-15-12-13-6-2-3-7-14(13)18-10-5-4-9-16/h2-3,6-7,15-16H,4-5,8-12H2,1H3. The Morgan fingerprint density at radius 3 is 2.78 bits per heavy atom. The molecule has 0 unspecified atom stereocenters. The molecule has 0 aliphatic rings. The van der Waals surface area contributed by atoms with Gasteiger partial charge in [-0.05, 0) is 18.9 Å². The molecule has 1 rings (SSSR count). The summed E-state index contributed by atoms with van der Waals surface area (Å²) in [5.41, 5.74) is 1.15. The summed E-state index contributed by atoms with van der Waals surface area (Å²) in [7, 11) is 1.69. The number of nitrogens with one attached hydrogen (secondary N) is 1. The molecule has 0 bridgehead atoms. The van der Waals surface area contributed by atoms with Crippen LogP contribution in [0, 0.1) is 0 Å². The minimum absolute atomic E-state index is 0.226. The van der Waals surface area contributed by atoms with Crippen molar-refractivity contribution in [1.29, 1.82) is 0 Å². The molecule has 18 heavy (non-hydrogen) atoms. The van der Waals surface area contributed by atoms with Crippen molar-refractivity contribution in [3.05, 3.63) is 29.8 Å². The first-order valence-corrected chi connectivity index (χ1v) is 6.39. The molecule has 0 atom stereocenters. The number of methoxy groups -OCH3 is 1. The van der Waals surface area contributed by atoms with Gasteiger partial charge in [-0.25, -0.2) is 0 Å². The van der Waals surface area contributed by atoms with E-state index in [-0.39, 0.29) is 6.61 Å². The topological polar surface area (TPSA) is 50.7 Å². The van der Waals surface area contributed by atoms with Crippen molar-refractivity contribution in [2.24, 2.45) is 0 Å². The number of aliphatic hydroxyl groups is 1. The molecule has 0 heterocycles. The predicted molar refractivity (Wildman–Crippen MR) is 71.8 cm³/mol. The van der Waals surface area contributed by atoms with E-state index in [2.05, 4.69) is 11.4 Å². The molecule has 4 heteroatoms. The fourth-order valence-electron chi connectivity index (χ4n) is 1.58. The lowest BCUT2D eigenvalue weighted by molar-refractivity contribution is 0.199. The van der Waals surface area contributed by atoms with Crippen molar-refractivity contribution in [3.63, 3.8) is 0 Å². The quantitative estimate of drug-likeness (QED) is 0.622. The van der Waals surface area contributed by atoms with E-state index in [9.17, 15) is 0 Å². The number of para-hydroxylation sites is 1. The summed E-state index contributed by atoms with van der Waals surface area (Å²) in [5, 5.41) is 12.0. The van der Waals surface area contributed by atoms with Crippen LogP contribution < -0.4 is 10.1 Å². The number of unbranched alkanes of at least 4 members (excludes halogenated alkanes) is 1. The van der Waals surface area contributed by atoms with Crippen LogP contribution in [0.2, 0.25) is 0 Å². The van der Waals surface area contributed by atoms with E-state index in [4.69, 9.17) is 14.6 Å². The van der Waals surface area contributed by atoms with Gasteiger partial charge in [-0.15, -0.1) is 0 Å². The SMILES string of the molecule is COCCNCc1ccccc1OCCCCO. The van der Waals surface area contributed by atoms with Crippen molar-refractivity contribution in [3.8, 4) is 5.75 Å². The van der Waals surface area contributed by atoms with Crippen LogP contribution in [0.3, 0.4) is 0 Å². The molecular weight excluding hydrogens is 230 g/mol. The maximum atomic E-state index is 8.71. The van der Waals surface area contributed by atoms with Gasteiger partial charge in [0.25, 0.3) is 0 Å². The number of hydrogen-bond acceptors (Lipinski definition) is 4. The van der Waals surface area contributed by atoms with Gasteiger partial charge in [0.2, 0.25) is 0 Å². The van der Waals surface area contributed by atoms with Gasteiger partial charge in [-0.3, -0.25) is 0 Å². The van der Waals surface area contributed by atoms with E-state index >= 15 is 0 Å². The van der Waals surface area contributed by atoms with Crippen LogP contribution in [0.25, 0.3) is 0 Å². The maximum absolute atomic E-state index is 8.71. The van der Waals surface area contributed by atoms with Crippen LogP contribution in [-0.4, -0.2) is 38.6 Å². The summed E-state index contributed by atoms with van der Waals surface area (Å²) in [6, 6.07) is 8.02. The molecule has 2 N–H and O–H groups in total. The Morgan fingerprint density at radius 2 is 2.00 bits per heavy atom. The molecule has 0 aliphatic carbocycles. The molecule has 0 radical (unpaired) electrons. The minimum Gasteiger partial charge on any atom is -0.493 e. The highest BCUT2D eigenvalue weighted by molar-refractivity contribution is 5.33. The summed E-state index contributed by atoms with van der Waals surface area (Å²) in [6.07, 6.45) is 1.66. The number of ether oxygens (including phenoxy) is 2. The molecule has 0 amide bonds. The summed E-state index contributed by atoms with van der Waals surface area (Å²) in [6.45, 7) is 3.19. The number of hydrogen-bond donors (Lipinski definition) is 2. The van der Waals surface area contributed by atoms with Crippen molar-refractivity contribution in [1.82, 2.24) is 5.32 Å². The highest BCUT2D eigenvalue weighted by Gasteiger charge is 2.02. The third-order valence-corrected chi connectivity index (χ3v) is 2.58. The van der Waals surface area contributed by atoms with Gasteiger partial charge >= 0.3 is 0 Å². The van der Waals surface area contributed by atoms with Gasteiger partial charge in [0.15, 0.2) is 0 Å².